The van der Waals surface area contributed by atoms with Gasteiger partial charge in [0.25, 0.3) is 5.91 Å². The lowest BCUT2D eigenvalue weighted by atomic mass is 10.1. The van der Waals surface area contributed by atoms with Crippen LogP contribution in [0, 0.1) is 5.82 Å². The first-order valence-corrected chi connectivity index (χ1v) is 8.24. The van der Waals surface area contributed by atoms with Gasteiger partial charge in [0.15, 0.2) is 17.6 Å². The maximum Gasteiger partial charge on any atom is 0.416 e. The van der Waals surface area contributed by atoms with Crippen molar-refractivity contribution in [3.8, 4) is 5.75 Å². The van der Waals surface area contributed by atoms with Crippen molar-refractivity contribution in [2.24, 2.45) is 0 Å². The van der Waals surface area contributed by atoms with Gasteiger partial charge in [-0.3, -0.25) is 4.79 Å². The molecule has 27 heavy (non-hydrogen) atoms. The second-order valence-electron chi connectivity index (χ2n) is 6.28. The number of nitrogens with one attached hydrogen (secondary N) is 2. The van der Waals surface area contributed by atoms with Gasteiger partial charge in [-0.1, -0.05) is 0 Å². The van der Waals surface area contributed by atoms with Crippen LogP contribution in [-0.4, -0.2) is 26.1 Å². The molecule has 0 spiro atoms. The average molecular weight is 385 g/mol. The van der Waals surface area contributed by atoms with Crippen LogP contribution in [0.5, 0.6) is 5.75 Å². The maximum absolute atomic E-state index is 13.8. The highest BCUT2D eigenvalue weighted by Gasteiger charge is 2.30. The monoisotopic (exact) mass is 385 g/mol. The van der Waals surface area contributed by atoms with Gasteiger partial charge in [0, 0.05) is 11.3 Å². The van der Waals surface area contributed by atoms with Gasteiger partial charge >= 0.3 is 6.18 Å². The molecule has 0 heterocycles. The molecule has 1 unspecified atom stereocenters. The van der Waals surface area contributed by atoms with Crippen LogP contribution in [0.1, 0.15) is 18.1 Å². The number of hydrogen-bond acceptors (Lipinski definition) is 2. The fraction of sp³-hybridized carbons (Fsp3) is 0.316. The van der Waals surface area contributed by atoms with Crippen molar-refractivity contribution in [1.29, 1.82) is 0 Å². The van der Waals surface area contributed by atoms with Gasteiger partial charge < -0.3 is 15.0 Å². The Balaban J connectivity index is 1.98. The first-order chi connectivity index (χ1) is 12.6. The molecule has 0 aromatic heterocycles. The Morgan fingerprint density at radius 2 is 1.81 bits per heavy atom. The van der Waals surface area contributed by atoms with E-state index in [4.69, 9.17) is 4.74 Å². The van der Waals surface area contributed by atoms with Gasteiger partial charge in [-0.2, -0.15) is 13.2 Å². The van der Waals surface area contributed by atoms with Crippen LogP contribution in [0.4, 0.5) is 23.2 Å². The van der Waals surface area contributed by atoms with E-state index in [-0.39, 0.29) is 17.3 Å². The molecule has 1 amide bonds. The summed E-state index contributed by atoms with van der Waals surface area (Å²) in [6.45, 7) is 2.08. The summed E-state index contributed by atoms with van der Waals surface area (Å²) in [5.74, 6) is -0.685. The van der Waals surface area contributed by atoms with Crippen molar-refractivity contribution in [3.05, 3.63) is 59.4 Å². The third-order valence-corrected chi connectivity index (χ3v) is 4.31. The summed E-state index contributed by atoms with van der Waals surface area (Å²) in [7, 11) is 3.16. The minimum atomic E-state index is -4.42. The third-order valence-electron chi connectivity index (χ3n) is 4.31. The number of alkyl halides is 3. The predicted octanol–water partition coefficient (Wildman–Crippen LogP) is 2.90. The minimum Gasteiger partial charge on any atom is -0.494 e. The Kier molecular flexibility index (Phi) is 6.43. The third kappa shape index (κ3) is 5.43. The highest BCUT2D eigenvalue weighted by Crippen LogP contribution is 2.29. The van der Waals surface area contributed by atoms with Gasteiger partial charge in [-0.05, 0) is 49.4 Å². The Labute approximate surface area is 154 Å². The van der Waals surface area contributed by atoms with Crippen molar-refractivity contribution in [2.75, 3.05) is 19.5 Å². The number of quaternary nitrogens is 1. The molecule has 2 N–H and O–H groups in total. The van der Waals surface area contributed by atoms with Crippen LogP contribution in [0.2, 0.25) is 0 Å². The number of halogens is 4. The Bertz CT molecular complexity index is 791. The van der Waals surface area contributed by atoms with E-state index in [0.29, 0.717) is 12.1 Å². The van der Waals surface area contributed by atoms with E-state index in [1.165, 1.54) is 31.4 Å². The van der Waals surface area contributed by atoms with Gasteiger partial charge in [0.05, 0.1) is 19.7 Å². The summed E-state index contributed by atoms with van der Waals surface area (Å²) >= 11 is 0. The van der Waals surface area contributed by atoms with E-state index in [1.54, 1.807) is 20.0 Å². The lowest BCUT2D eigenvalue weighted by molar-refractivity contribution is -0.907. The van der Waals surface area contributed by atoms with Crippen molar-refractivity contribution < 1.29 is 32.0 Å². The Morgan fingerprint density at radius 1 is 1.19 bits per heavy atom. The fourth-order valence-corrected chi connectivity index (χ4v) is 2.51. The van der Waals surface area contributed by atoms with Gasteiger partial charge in [-0.15, -0.1) is 0 Å². The Hall–Kier alpha value is -2.61. The first kappa shape index (κ1) is 20.7. The van der Waals surface area contributed by atoms with E-state index < -0.39 is 23.6 Å². The second kappa shape index (κ2) is 8.39. The van der Waals surface area contributed by atoms with E-state index in [9.17, 15) is 22.4 Å². The highest BCUT2D eigenvalue weighted by atomic mass is 19.4. The number of hydrogen-bond donors (Lipinski definition) is 2. The van der Waals surface area contributed by atoms with Gasteiger partial charge in [-0.25, -0.2) is 4.39 Å². The van der Waals surface area contributed by atoms with Crippen LogP contribution in [0.25, 0.3) is 0 Å². The molecule has 2 atom stereocenters. The van der Waals surface area contributed by atoms with E-state index in [1.807, 2.05) is 0 Å². The van der Waals surface area contributed by atoms with E-state index in [2.05, 4.69) is 5.32 Å². The first-order valence-electron chi connectivity index (χ1n) is 8.24. The van der Waals surface area contributed by atoms with Crippen LogP contribution in [0.3, 0.4) is 0 Å². The minimum absolute atomic E-state index is 0.143. The van der Waals surface area contributed by atoms with Gasteiger partial charge in [0.2, 0.25) is 0 Å². The molecule has 8 heteroatoms. The van der Waals surface area contributed by atoms with Crippen LogP contribution < -0.4 is 15.0 Å². The van der Waals surface area contributed by atoms with Crippen LogP contribution >= 0.6 is 0 Å². The summed E-state index contributed by atoms with van der Waals surface area (Å²) in [6.07, 6.45) is -4.42. The van der Waals surface area contributed by atoms with Crippen molar-refractivity contribution in [1.82, 2.24) is 0 Å². The number of amides is 1. The van der Waals surface area contributed by atoms with Crippen molar-refractivity contribution in [2.45, 2.75) is 25.7 Å². The number of benzene rings is 2. The largest absolute Gasteiger partial charge is 0.494 e. The molecule has 0 aliphatic heterocycles. The van der Waals surface area contributed by atoms with Crippen LogP contribution in [0.15, 0.2) is 42.5 Å². The molecule has 146 valence electrons. The molecule has 0 saturated heterocycles. The molecule has 0 bridgehead atoms. The highest BCUT2D eigenvalue weighted by molar-refractivity contribution is 5.93. The summed E-state index contributed by atoms with van der Waals surface area (Å²) < 4.78 is 56.4. The van der Waals surface area contributed by atoms with E-state index >= 15 is 0 Å². The molecule has 2 aromatic carbocycles. The topological polar surface area (TPSA) is 42.8 Å². The number of likely N-dealkylation sites (N-methyl/N-ethyl adjacent to an activating group) is 1. The second-order valence-corrected chi connectivity index (χ2v) is 6.28. The molecular weight excluding hydrogens is 364 g/mol. The normalized spacial score (nSPS) is 13.7. The number of carbonyl (C=O) groups excluding carboxylic acids is 1. The molecule has 0 fully saturated rings. The summed E-state index contributed by atoms with van der Waals surface area (Å²) in [4.78, 5) is 13.1. The number of rotatable bonds is 6. The average Bonchev–Trinajstić information content (AvgIpc) is 2.60. The number of methoxy groups -OCH3 is 1. The van der Waals surface area contributed by atoms with Crippen LogP contribution in [-0.2, 0) is 17.5 Å². The standard InChI is InChI=1S/C19H20F4N2O2/c1-12(25(2)11-13-4-9-17(27-3)16(20)10-13)18(26)24-15-7-5-14(6-8-15)19(21,22)23/h4-10,12H,11H2,1-3H3,(H,24,26)/p+1/t12-/m1/s1. The quantitative estimate of drug-likeness (QED) is 0.751. The molecule has 2 rings (SSSR count). The number of carbonyl (C=O) groups is 1. The smallest absolute Gasteiger partial charge is 0.416 e. The number of ether oxygens (including phenoxy) is 1. The summed E-state index contributed by atoms with van der Waals surface area (Å²) in [5.41, 5.74) is 0.195. The molecule has 0 saturated carbocycles. The van der Waals surface area contributed by atoms with Crippen molar-refractivity contribution >= 4 is 11.6 Å². The zero-order valence-electron chi connectivity index (χ0n) is 15.2. The zero-order valence-corrected chi connectivity index (χ0v) is 15.2. The SMILES string of the molecule is COc1ccc(C[NH+](C)[C@H](C)C(=O)Nc2ccc(C(F)(F)F)cc2)cc1F. The molecule has 4 nitrogen and oxygen atoms in total. The molecule has 0 aliphatic rings. The molecule has 2 aromatic rings. The molecular formula is C19H21F4N2O2+. The van der Waals surface area contributed by atoms with Crippen molar-refractivity contribution in [3.63, 3.8) is 0 Å². The Morgan fingerprint density at radius 3 is 2.33 bits per heavy atom. The summed E-state index contributed by atoms with van der Waals surface area (Å²) in [5, 5.41) is 2.60. The molecule has 0 radical (unpaired) electrons. The maximum atomic E-state index is 13.8. The summed E-state index contributed by atoms with van der Waals surface area (Å²) in [6, 6.07) is 8.33. The molecule has 0 aliphatic carbocycles. The lowest BCUT2D eigenvalue weighted by Gasteiger charge is -2.21. The predicted molar refractivity (Wildman–Crippen MR) is 93.1 cm³/mol. The van der Waals surface area contributed by atoms with Gasteiger partial charge in [0.1, 0.15) is 6.54 Å². The lowest BCUT2D eigenvalue weighted by Crippen LogP contribution is -3.12. The number of anilines is 1. The zero-order chi connectivity index (χ0) is 20.2. The fourth-order valence-electron chi connectivity index (χ4n) is 2.51. The van der Waals surface area contributed by atoms with E-state index in [0.717, 1.165) is 17.0 Å².